The predicted octanol–water partition coefficient (Wildman–Crippen LogP) is 2.85. The first-order valence-corrected chi connectivity index (χ1v) is 8.13. The van der Waals surface area contributed by atoms with Crippen LogP contribution < -0.4 is 10.1 Å². The maximum absolute atomic E-state index is 11.5. The molecule has 0 spiro atoms. The number of carbonyl (C=O) groups excluding carboxylic acids is 1. The monoisotopic (exact) mass is 340 g/mol. The van der Waals surface area contributed by atoms with Crippen molar-refractivity contribution in [1.82, 2.24) is 15.1 Å². The van der Waals surface area contributed by atoms with Gasteiger partial charge in [0, 0.05) is 28.3 Å². The number of nitrogens with zero attached hydrogens (tertiary/aromatic N) is 3. The van der Waals surface area contributed by atoms with Crippen molar-refractivity contribution in [1.29, 1.82) is 0 Å². The maximum Gasteiger partial charge on any atom is 0.258 e. The zero-order valence-electron chi connectivity index (χ0n) is 12.6. The number of ether oxygens (including phenoxy) is 1. The molecule has 1 aliphatic heterocycles. The lowest BCUT2D eigenvalue weighted by Gasteiger charge is -2.16. The zero-order valence-corrected chi connectivity index (χ0v) is 13.5. The molecule has 0 saturated carbocycles. The molecule has 0 fully saturated rings. The highest BCUT2D eigenvalue weighted by molar-refractivity contribution is 8.00. The van der Waals surface area contributed by atoms with E-state index in [9.17, 15) is 4.79 Å². The van der Waals surface area contributed by atoms with E-state index in [1.54, 1.807) is 19.4 Å². The number of methoxy groups -OCH3 is 1. The summed E-state index contributed by atoms with van der Waals surface area (Å²) in [6.07, 6.45) is 1.62. The lowest BCUT2D eigenvalue weighted by Crippen LogP contribution is -2.18. The second-order valence-electron chi connectivity index (χ2n) is 5.06. The molecule has 2 aromatic heterocycles. The Kier molecular flexibility index (Phi) is 3.66. The van der Waals surface area contributed by atoms with Gasteiger partial charge in [-0.1, -0.05) is 5.16 Å². The van der Waals surface area contributed by atoms with Gasteiger partial charge in [0.15, 0.2) is 0 Å². The number of carbonyl (C=O) groups is 1. The van der Waals surface area contributed by atoms with Crippen molar-refractivity contribution in [2.24, 2.45) is 0 Å². The van der Waals surface area contributed by atoms with Gasteiger partial charge in [-0.15, -0.1) is 11.8 Å². The number of hydrogen-bond donors (Lipinski definition) is 1. The number of pyridine rings is 1. The molecule has 1 aromatic carbocycles. The molecule has 1 N–H and O–H groups in total. The SMILES string of the molecule is COc1ccc(-c2noc(-c3ccc4c(c3)NC(=O)CS4)n2)cn1. The maximum atomic E-state index is 11.5. The third-order valence-corrected chi connectivity index (χ3v) is 4.56. The molecular weight excluding hydrogens is 328 g/mol. The van der Waals surface area contributed by atoms with Crippen LogP contribution in [0.5, 0.6) is 5.88 Å². The van der Waals surface area contributed by atoms with Gasteiger partial charge in [0.2, 0.25) is 17.6 Å². The van der Waals surface area contributed by atoms with Gasteiger partial charge in [0.05, 0.1) is 18.6 Å². The Morgan fingerprint density at radius 1 is 1.25 bits per heavy atom. The number of thioether (sulfide) groups is 1. The van der Waals surface area contributed by atoms with Crippen LogP contribution in [0.25, 0.3) is 22.8 Å². The van der Waals surface area contributed by atoms with Gasteiger partial charge in [0.1, 0.15) is 0 Å². The van der Waals surface area contributed by atoms with Gasteiger partial charge >= 0.3 is 0 Å². The number of nitrogens with one attached hydrogen (secondary N) is 1. The number of hydrogen-bond acceptors (Lipinski definition) is 7. The average Bonchev–Trinajstić information content (AvgIpc) is 3.11. The molecule has 3 aromatic rings. The minimum Gasteiger partial charge on any atom is -0.481 e. The van der Waals surface area contributed by atoms with Gasteiger partial charge in [-0.3, -0.25) is 4.79 Å². The van der Waals surface area contributed by atoms with Crippen LogP contribution in [0.2, 0.25) is 0 Å². The van der Waals surface area contributed by atoms with E-state index in [2.05, 4.69) is 20.4 Å². The summed E-state index contributed by atoms with van der Waals surface area (Å²) in [5, 5.41) is 6.83. The van der Waals surface area contributed by atoms with Crippen molar-refractivity contribution < 1.29 is 14.1 Å². The van der Waals surface area contributed by atoms with Crippen LogP contribution in [0.3, 0.4) is 0 Å². The van der Waals surface area contributed by atoms with Crippen LogP contribution in [0.4, 0.5) is 5.69 Å². The first-order chi connectivity index (χ1) is 11.7. The summed E-state index contributed by atoms with van der Waals surface area (Å²) in [5.41, 5.74) is 2.24. The molecule has 1 aliphatic rings. The molecule has 3 heterocycles. The molecule has 0 aliphatic carbocycles. The summed E-state index contributed by atoms with van der Waals surface area (Å²) in [7, 11) is 1.56. The number of rotatable bonds is 3. The fourth-order valence-electron chi connectivity index (χ4n) is 2.31. The first kappa shape index (κ1) is 14.7. The quantitative estimate of drug-likeness (QED) is 0.784. The second kappa shape index (κ2) is 5.97. The first-order valence-electron chi connectivity index (χ1n) is 7.14. The highest BCUT2D eigenvalue weighted by atomic mass is 32.2. The highest BCUT2D eigenvalue weighted by Gasteiger charge is 2.18. The number of fused-ring (bicyclic) bond motifs is 1. The van der Waals surface area contributed by atoms with Crippen molar-refractivity contribution in [2.45, 2.75) is 4.90 Å². The molecule has 0 saturated heterocycles. The summed E-state index contributed by atoms with van der Waals surface area (Å²) in [4.78, 5) is 21.1. The largest absolute Gasteiger partial charge is 0.481 e. The van der Waals surface area contributed by atoms with Crippen LogP contribution in [0, 0.1) is 0 Å². The Balaban J connectivity index is 1.65. The fraction of sp³-hybridized carbons (Fsp3) is 0.125. The van der Waals surface area contributed by atoms with Crippen molar-refractivity contribution >= 4 is 23.4 Å². The number of aromatic nitrogens is 3. The van der Waals surface area contributed by atoms with Crippen LogP contribution in [0.1, 0.15) is 0 Å². The van der Waals surface area contributed by atoms with Gasteiger partial charge in [-0.2, -0.15) is 4.98 Å². The van der Waals surface area contributed by atoms with Gasteiger partial charge in [-0.25, -0.2) is 4.98 Å². The lowest BCUT2D eigenvalue weighted by atomic mass is 10.2. The van der Waals surface area contributed by atoms with Crippen LogP contribution >= 0.6 is 11.8 Å². The minimum absolute atomic E-state index is 0.0137. The minimum atomic E-state index is -0.0137. The average molecular weight is 340 g/mol. The molecular formula is C16H12N4O3S. The summed E-state index contributed by atoms with van der Waals surface area (Å²) in [5.74, 6) is 1.76. The van der Waals surface area contributed by atoms with Gasteiger partial charge < -0.3 is 14.6 Å². The number of benzene rings is 1. The van der Waals surface area contributed by atoms with Crippen molar-refractivity contribution in [2.75, 3.05) is 18.2 Å². The Bertz CT molecular complexity index is 908. The lowest BCUT2D eigenvalue weighted by molar-refractivity contribution is -0.113. The van der Waals surface area contributed by atoms with E-state index in [0.717, 1.165) is 21.7 Å². The van der Waals surface area contributed by atoms with Crippen LogP contribution in [-0.4, -0.2) is 33.9 Å². The molecule has 7 nitrogen and oxygen atoms in total. The summed E-state index contributed by atoms with van der Waals surface area (Å²) >= 11 is 1.51. The molecule has 24 heavy (non-hydrogen) atoms. The van der Waals surface area contributed by atoms with Crippen LogP contribution in [-0.2, 0) is 4.79 Å². The van der Waals surface area contributed by atoms with Crippen molar-refractivity contribution in [3.63, 3.8) is 0 Å². The highest BCUT2D eigenvalue weighted by Crippen LogP contribution is 2.34. The van der Waals surface area contributed by atoms with Crippen molar-refractivity contribution in [3.05, 3.63) is 36.5 Å². The summed E-state index contributed by atoms with van der Waals surface area (Å²) in [6.45, 7) is 0. The molecule has 0 atom stereocenters. The van der Waals surface area contributed by atoms with E-state index in [0.29, 0.717) is 23.3 Å². The molecule has 0 bridgehead atoms. The molecule has 0 radical (unpaired) electrons. The summed E-state index contributed by atoms with van der Waals surface area (Å²) in [6, 6.07) is 9.21. The normalized spacial score (nSPS) is 13.3. The molecule has 120 valence electrons. The van der Waals surface area contributed by atoms with Gasteiger partial charge in [0.25, 0.3) is 5.89 Å². The molecule has 4 rings (SSSR count). The van der Waals surface area contributed by atoms with Crippen LogP contribution in [0.15, 0.2) is 45.9 Å². The molecule has 0 unspecified atom stereocenters. The standard InChI is InChI=1S/C16H12N4O3S/c1-22-14-5-3-10(7-17-14)15-19-16(23-20-15)9-2-4-12-11(6-9)18-13(21)8-24-12/h2-7H,8H2,1H3,(H,18,21). The second-order valence-corrected chi connectivity index (χ2v) is 6.08. The topological polar surface area (TPSA) is 90.1 Å². The predicted molar refractivity (Wildman–Crippen MR) is 88.9 cm³/mol. The zero-order chi connectivity index (χ0) is 16.5. The van der Waals surface area contributed by atoms with E-state index in [1.165, 1.54) is 11.8 Å². The smallest absolute Gasteiger partial charge is 0.258 e. The Labute approximate surface area is 141 Å². The number of anilines is 1. The molecule has 8 heteroatoms. The Morgan fingerprint density at radius 3 is 2.92 bits per heavy atom. The van der Waals surface area contributed by atoms with E-state index >= 15 is 0 Å². The number of amides is 1. The Morgan fingerprint density at radius 2 is 2.12 bits per heavy atom. The van der Waals surface area contributed by atoms with E-state index < -0.39 is 0 Å². The van der Waals surface area contributed by atoms with E-state index in [1.807, 2.05) is 24.3 Å². The van der Waals surface area contributed by atoms with E-state index in [4.69, 9.17) is 9.26 Å². The summed E-state index contributed by atoms with van der Waals surface area (Å²) < 4.78 is 10.4. The third-order valence-electron chi connectivity index (χ3n) is 3.49. The van der Waals surface area contributed by atoms with Crippen molar-refractivity contribution in [3.8, 4) is 28.7 Å². The Hall–Kier alpha value is -2.87. The third kappa shape index (κ3) is 2.71. The fourth-order valence-corrected chi connectivity index (χ4v) is 3.10. The molecule has 1 amide bonds. The van der Waals surface area contributed by atoms with Gasteiger partial charge in [-0.05, 0) is 24.3 Å². The van der Waals surface area contributed by atoms with E-state index in [-0.39, 0.29) is 5.91 Å².